The number of benzene rings is 2. The summed E-state index contributed by atoms with van der Waals surface area (Å²) in [7, 11) is 0. The molecule has 3 rings (SSSR count). The van der Waals surface area contributed by atoms with Crippen molar-refractivity contribution >= 4 is 5.97 Å². The highest BCUT2D eigenvalue weighted by Gasteiger charge is 2.37. The number of ether oxygens (including phenoxy) is 1. The van der Waals surface area contributed by atoms with Gasteiger partial charge in [0.15, 0.2) is 0 Å². The van der Waals surface area contributed by atoms with Gasteiger partial charge >= 0.3 is 5.97 Å². The van der Waals surface area contributed by atoms with Gasteiger partial charge in [0.1, 0.15) is 30.5 Å². The molecule has 0 aromatic heterocycles. The van der Waals surface area contributed by atoms with Gasteiger partial charge in [-0.25, -0.2) is 4.90 Å². The van der Waals surface area contributed by atoms with Gasteiger partial charge < -0.3 is 20.1 Å². The lowest BCUT2D eigenvalue weighted by atomic mass is 10.1. The Bertz CT molecular complexity index is 688. The SMILES string of the molecule is O=C(O)CN1C(O)c2ccc(Oc3ccccc3)cc2C1O. The third-order valence-electron chi connectivity index (χ3n) is 3.54. The zero-order chi connectivity index (χ0) is 15.7. The van der Waals surface area contributed by atoms with Crippen LogP contribution in [0.25, 0.3) is 0 Å². The van der Waals surface area contributed by atoms with Crippen LogP contribution in [0.5, 0.6) is 11.5 Å². The second-order valence-electron chi connectivity index (χ2n) is 5.02. The Hall–Kier alpha value is -2.41. The molecule has 2 atom stereocenters. The first-order valence-corrected chi connectivity index (χ1v) is 6.76. The molecule has 0 spiro atoms. The number of hydrogen-bond donors (Lipinski definition) is 3. The van der Waals surface area contributed by atoms with Gasteiger partial charge in [-0.15, -0.1) is 0 Å². The number of rotatable bonds is 4. The molecule has 1 heterocycles. The molecule has 0 amide bonds. The number of para-hydroxylation sites is 1. The summed E-state index contributed by atoms with van der Waals surface area (Å²) >= 11 is 0. The van der Waals surface area contributed by atoms with E-state index in [4.69, 9.17) is 9.84 Å². The molecule has 22 heavy (non-hydrogen) atoms. The Balaban J connectivity index is 1.86. The monoisotopic (exact) mass is 301 g/mol. The van der Waals surface area contributed by atoms with Crippen LogP contribution in [-0.2, 0) is 4.79 Å². The highest BCUT2D eigenvalue weighted by molar-refractivity contribution is 5.69. The Morgan fingerprint density at radius 3 is 2.36 bits per heavy atom. The molecule has 0 bridgehead atoms. The Labute approximate surface area is 126 Å². The maximum absolute atomic E-state index is 10.8. The lowest BCUT2D eigenvalue weighted by Crippen LogP contribution is -2.31. The predicted molar refractivity (Wildman–Crippen MR) is 77.2 cm³/mol. The smallest absolute Gasteiger partial charge is 0.317 e. The summed E-state index contributed by atoms with van der Waals surface area (Å²) in [6, 6.07) is 14.1. The van der Waals surface area contributed by atoms with Crippen molar-refractivity contribution in [2.24, 2.45) is 0 Å². The van der Waals surface area contributed by atoms with E-state index in [0.717, 1.165) is 4.90 Å². The van der Waals surface area contributed by atoms with Crippen LogP contribution in [0.2, 0.25) is 0 Å². The van der Waals surface area contributed by atoms with Gasteiger partial charge in [-0.3, -0.25) is 4.79 Å². The van der Waals surface area contributed by atoms with E-state index >= 15 is 0 Å². The first kappa shape index (κ1) is 14.5. The maximum atomic E-state index is 10.8. The van der Waals surface area contributed by atoms with Crippen molar-refractivity contribution in [2.45, 2.75) is 12.5 Å². The average Bonchev–Trinajstić information content (AvgIpc) is 2.73. The van der Waals surface area contributed by atoms with E-state index in [1.54, 1.807) is 30.3 Å². The van der Waals surface area contributed by atoms with Crippen molar-refractivity contribution in [3.8, 4) is 11.5 Å². The van der Waals surface area contributed by atoms with E-state index in [1.807, 2.05) is 18.2 Å². The second-order valence-corrected chi connectivity index (χ2v) is 5.02. The number of carboxylic acid groups (broad SMARTS) is 1. The molecule has 2 aromatic rings. The molecule has 0 fully saturated rings. The van der Waals surface area contributed by atoms with Gasteiger partial charge in [-0.2, -0.15) is 0 Å². The minimum atomic E-state index is -1.18. The topological polar surface area (TPSA) is 90.2 Å². The quantitative estimate of drug-likeness (QED) is 0.798. The largest absolute Gasteiger partial charge is 0.480 e. The molecule has 0 radical (unpaired) electrons. The van der Waals surface area contributed by atoms with Crippen LogP contribution in [0.3, 0.4) is 0 Å². The number of aliphatic carboxylic acids is 1. The van der Waals surface area contributed by atoms with Crippen molar-refractivity contribution in [3.05, 3.63) is 59.7 Å². The molecule has 1 aliphatic heterocycles. The lowest BCUT2D eigenvalue weighted by molar-refractivity contribution is -0.148. The lowest BCUT2D eigenvalue weighted by Gasteiger charge is -2.21. The molecule has 114 valence electrons. The molecule has 0 aliphatic carbocycles. The van der Waals surface area contributed by atoms with Crippen molar-refractivity contribution in [1.82, 2.24) is 4.90 Å². The van der Waals surface area contributed by atoms with E-state index < -0.39 is 25.0 Å². The highest BCUT2D eigenvalue weighted by Crippen LogP contribution is 2.40. The third-order valence-corrected chi connectivity index (χ3v) is 3.54. The molecule has 6 heteroatoms. The number of hydrogen-bond acceptors (Lipinski definition) is 5. The van der Waals surface area contributed by atoms with Gasteiger partial charge in [-0.05, 0) is 24.3 Å². The summed E-state index contributed by atoms with van der Waals surface area (Å²) < 4.78 is 5.68. The fourth-order valence-electron chi connectivity index (χ4n) is 2.52. The average molecular weight is 301 g/mol. The van der Waals surface area contributed by atoms with E-state index in [2.05, 4.69) is 0 Å². The number of aliphatic hydroxyl groups excluding tert-OH is 2. The summed E-state index contributed by atoms with van der Waals surface area (Å²) in [6.45, 7) is -0.452. The fourth-order valence-corrected chi connectivity index (χ4v) is 2.52. The fraction of sp³-hybridized carbons (Fsp3) is 0.188. The Morgan fingerprint density at radius 2 is 1.68 bits per heavy atom. The molecule has 0 saturated heterocycles. The van der Waals surface area contributed by atoms with Gasteiger partial charge in [0, 0.05) is 11.1 Å². The van der Waals surface area contributed by atoms with Crippen LogP contribution in [-0.4, -0.2) is 32.7 Å². The summed E-state index contributed by atoms with van der Waals surface area (Å²) in [6.07, 6.45) is -2.33. The summed E-state index contributed by atoms with van der Waals surface area (Å²) in [5.74, 6) is 0.0397. The molecule has 3 N–H and O–H groups in total. The van der Waals surface area contributed by atoms with Crippen molar-refractivity contribution in [1.29, 1.82) is 0 Å². The highest BCUT2D eigenvalue weighted by atomic mass is 16.5. The predicted octanol–water partition coefficient (Wildman–Crippen LogP) is 1.86. The summed E-state index contributed by atoms with van der Waals surface area (Å²) in [5, 5.41) is 29.2. The first-order chi connectivity index (χ1) is 10.6. The van der Waals surface area contributed by atoms with Gasteiger partial charge in [0.25, 0.3) is 0 Å². The number of fused-ring (bicyclic) bond motifs is 1. The number of nitrogens with zero attached hydrogens (tertiary/aromatic N) is 1. The van der Waals surface area contributed by atoms with Crippen LogP contribution < -0.4 is 4.74 Å². The molecule has 2 unspecified atom stereocenters. The van der Waals surface area contributed by atoms with Gasteiger partial charge in [0.2, 0.25) is 0 Å². The van der Waals surface area contributed by atoms with Crippen LogP contribution in [0.1, 0.15) is 23.6 Å². The van der Waals surface area contributed by atoms with E-state index in [9.17, 15) is 15.0 Å². The molecule has 2 aromatic carbocycles. The summed E-state index contributed by atoms with van der Waals surface area (Å²) in [5.41, 5.74) is 0.927. The second kappa shape index (κ2) is 5.76. The zero-order valence-electron chi connectivity index (χ0n) is 11.6. The number of carbonyl (C=O) groups is 1. The zero-order valence-corrected chi connectivity index (χ0v) is 11.6. The van der Waals surface area contributed by atoms with Crippen LogP contribution >= 0.6 is 0 Å². The Morgan fingerprint density at radius 1 is 1.00 bits per heavy atom. The third kappa shape index (κ3) is 2.67. The molecule has 0 saturated carbocycles. The molecular formula is C16H15NO5. The number of carboxylic acids is 1. The Kier molecular flexibility index (Phi) is 3.81. The normalized spacial score (nSPS) is 20.6. The van der Waals surface area contributed by atoms with Crippen molar-refractivity contribution < 1.29 is 24.9 Å². The summed E-state index contributed by atoms with van der Waals surface area (Å²) in [4.78, 5) is 11.9. The van der Waals surface area contributed by atoms with E-state index in [0.29, 0.717) is 22.6 Å². The molecule has 1 aliphatic rings. The molecule has 6 nitrogen and oxygen atoms in total. The van der Waals surface area contributed by atoms with Crippen LogP contribution in [0.15, 0.2) is 48.5 Å². The van der Waals surface area contributed by atoms with Gasteiger partial charge in [-0.1, -0.05) is 24.3 Å². The molecular weight excluding hydrogens is 286 g/mol. The van der Waals surface area contributed by atoms with Crippen molar-refractivity contribution in [2.75, 3.05) is 6.54 Å². The van der Waals surface area contributed by atoms with E-state index in [1.165, 1.54) is 0 Å². The minimum Gasteiger partial charge on any atom is -0.480 e. The van der Waals surface area contributed by atoms with E-state index in [-0.39, 0.29) is 0 Å². The maximum Gasteiger partial charge on any atom is 0.317 e. The van der Waals surface area contributed by atoms with Crippen molar-refractivity contribution in [3.63, 3.8) is 0 Å². The first-order valence-electron chi connectivity index (χ1n) is 6.76. The number of aliphatic hydroxyl groups is 2. The van der Waals surface area contributed by atoms with Crippen LogP contribution in [0.4, 0.5) is 0 Å². The van der Waals surface area contributed by atoms with Gasteiger partial charge in [0.05, 0.1) is 0 Å². The minimum absolute atomic E-state index is 0.446. The standard InChI is InChI=1S/C16H15NO5/c18-14(19)9-17-15(20)12-7-6-11(8-13(12)16(17)21)22-10-4-2-1-3-5-10/h1-8,15-16,20-21H,9H2,(H,18,19). The van der Waals surface area contributed by atoms with Crippen LogP contribution in [0, 0.1) is 0 Å².